The van der Waals surface area contributed by atoms with Crippen LogP contribution in [0.15, 0.2) is 24.3 Å². The predicted octanol–water partition coefficient (Wildman–Crippen LogP) is 4.39. The molecule has 2 rings (SSSR count). The standard InChI is InChI=1S/C21H35N3O4Si/c1-21(2,3)28-20(25)22-11-12-26-15-19-23-17-9-7-8-10-18(17)24(19)16-27-13-14-29(4,5)6/h7-10H,11-16H2,1-6H3,(H,22,25). The molecule has 0 saturated heterocycles. The number of imidazole rings is 1. The van der Waals surface area contributed by atoms with Gasteiger partial charge in [0.05, 0.1) is 17.6 Å². The average Bonchev–Trinajstić information content (AvgIpc) is 2.93. The third kappa shape index (κ3) is 8.55. The third-order valence-electron chi connectivity index (χ3n) is 4.10. The SMILES string of the molecule is CC(C)(C)OC(=O)NCCOCc1nc2ccccc2n1COCC[Si](C)(C)C. The number of alkyl carbamates (subject to hydrolysis) is 1. The molecule has 8 heteroatoms. The van der Waals surface area contributed by atoms with Crippen LogP contribution in [-0.2, 0) is 27.5 Å². The summed E-state index contributed by atoms with van der Waals surface area (Å²) in [7, 11) is -1.12. The van der Waals surface area contributed by atoms with E-state index in [-0.39, 0.29) is 0 Å². The summed E-state index contributed by atoms with van der Waals surface area (Å²) in [6.07, 6.45) is -0.441. The van der Waals surface area contributed by atoms with Gasteiger partial charge in [-0.3, -0.25) is 0 Å². The summed E-state index contributed by atoms with van der Waals surface area (Å²) in [4.78, 5) is 16.3. The Kier molecular flexibility index (Phi) is 8.24. The van der Waals surface area contributed by atoms with Gasteiger partial charge in [-0.15, -0.1) is 0 Å². The number of aromatic nitrogens is 2. The van der Waals surface area contributed by atoms with Crippen LogP contribution in [0.3, 0.4) is 0 Å². The van der Waals surface area contributed by atoms with Gasteiger partial charge in [-0.1, -0.05) is 31.8 Å². The largest absolute Gasteiger partial charge is 0.444 e. The van der Waals surface area contributed by atoms with Crippen molar-refractivity contribution in [3.63, 3.8) is 0 Å². The monoisotopic (exact) mass is 421 g/mol. The third-order valence-corrected chi connectivity index (χ3v) is 5.80. The molecule has 0 saturated carbocycles. The van der Waals surface area contributed by atoms with Crippen molar-refractivity contribution < 1.29 is 19.0 Å². The van der Waals surface area contributed by atoms with Gasteiger partial charge in [-0.25, -0.2) is 9.78 Å². The molecule has 162 valence electrons. The number of carbonyl (C=O) groups excluding carboxylic acids is 1. The fourth-order valence-corrected chi connectivity index (χ4v) is 3.37. The molecule has 0 unspecified atom stereocenters. The summed E-state index contributed by atoms with van der Waals surface area (Å²) in [5.41, 5.74) is 1.45. The fourth-order valence-electron chi connectivity index (χ4n) is 2.62. The van der Waals surface area contributed by atoms with Crippen molar-refractivity contribution in [1.29, 1.82) is 0 Å². The van der Waals surface area contributed by atoms with E-state index in [0.29, 0.717) is 26.5 Å². The van der Waals surface area contributed by atoms with E-state index in [1.165, 1.54) is 0 Å². The zero-order chi connectivity index (χ0) is 21.5. The predicted molar refractivity (Wildman–Crippen MR) is 118 cm³/mol. The molecule has 29 heavy (non-hydrogen) atoms. The Bertz CT molecular complexity index is 793. The van der Waals surface area contributed by atoms with Crippen LogP contribution in [0.5, 0.6) is 0 Å². The molecule has 0 aliphatic heterocycles. The molecule has 0 aliphatic carbocycles. The quantitative estimate of drug-likeness (QED) is 0.455. The minimum atomic E-state index is -1.12. The maximum atomic E-state index is 11.7. The maximum Gasteiger partial charge on any atom is 0.407 e. The number of para-hydroxylation sites is 2. The van der Waals surface area contributed by atoms with Gasteiger partial charge in [-0.05, 0) is 38.9 Å². The van der Waals surface area contributed by atoms with Gasteiger partial charge in [0.25, 0.3) is 0 Å². The van der Waals surface area contributed by atoms with E-state index in [9.17, 15) is 4.79 Å². The first-order chi connectivity index (χ1) is 13.6. The zero-order valence-electron chi connectivity index (χ0n) is 18.6. The van der Waals surface area contributed by atoms with Crippen LogP contribution in [0.1, 0.15) is 26.6 Å². The number of benzene rings is 1. The number of nitrogens with one attached hydrogen (secondary N) is 1. The van der Waals surface area contributed by atoms with Crippen LogP contribution >= 0.6 is 0 Å². The Hall–Kier alpha value is -1.90. The molecule has 2 aromatic rings. The number of hydrogen-bond donors (Lipinski definition) is 1. The van der Waals surface area contributed by atoms with Crippen LogP contribution in [-0.4, -0.2) is 49.1 Å². The molecule has 0 atom stereocenters. The second-order valence-corrected chi connectivity index (χ2v) is 14.9. The summed E-state index contributed by atoms with van der Waals surface area (Å²) in [5.74, 6) is 0.816. The first-order valence-corrected chi connectivity index (χ1v) is 13.8. The van der Waals surface area contributed by atoms with Gasteiger partial charge in [0, 0.05) is 21.2 Å². The molecule has 1 aromatic carbocycles. The number of rotatable bonds is 10. The summed E-state index contributed by atoms with van der Waals surface area (Å²) >= 11 is 0. The Balaban J connectivity index is 1.87. The zero-order valence-corrected chi connectivity index (χ0v) is 19.6. The molecule has 1 N–H and O–H groups in total. The highest BCUT2D eigenvalue weighted by molar-refractivity contribution is 6.76. The van der Waals surface area contributed by atoms with Crippen LogP contribution in [0.25, 0.3) is 11.0 Å². The van der Waals surface area contributed by atoms with E-state index in [1.807, 2.05) is 45.0 Å². The number of hydrogen-bond acceptors (Lipinski definition) is 5. The minimum absolute atomic E-state index is 0.349. The number of ether oxygens (including phenoxy) is 3. The van der Waals surface area contributed by atoms with Crippen molar-refractivity contribution in [2.45, 2.75) is 65.4 Å². The molecule has 0 fully saturated rings. The van der Waals surface area contributed by atoms with Crippen molar-refractivity contribution in [1.82, 2.24) is 14.9 Å². The van der Waals surface area contributed by atoms with E-state index >= 15 is 0 Å². The van der Waals surface area contributed by atoms with Crippen LogP contribution in [0.2, 0.25) is 25.7 Å². The maximum absolute atomic E-state index is 11.7. The Morgan fingerprint density at radius 3 is 2.55 bits per heavy atom. The number of nitrogens with zero attached hydrogens (tertiary/aromatic N) is 2. The first-order valence-electron chi connectivity index (χ1n) is 10.1. The Morgan fingerprint density at radius 1 is 1.14 bits per heavy atom. The van der Waals surface area contributed by atoms with E-state index in [1.54, 1.807) is 0 Å². The highest BCUT2D eigenvalue weighted by atomic mass is 28.3. The van der Waals surface area contributed by atoms with Crippen molar-refractivity contribution in [2.75, 3.05) is 19.8 Å². The van der Waals surface area contributed by atoms with Gasteiger partial charge in [0.15, 0.2) is 0 Å². The van der Waals surface area contributed by atoms with E-state index in [0.717, 1.165) is 29.5 Å². The molecule has 1 aromatic heterocycles. The van der Waals surface area contributed by atoms with E-state index < -0.39 is 19.8 Å². The highest BCUT2D eigenvalue weighted by Crippen LogP contribution is 2.17. The lowest BCUT2D eigenvalue weighted by Crippen LogP contribution is -2.34. The lowest BCUT2D eigenvalue weighted by atomic mass is 10.2. The van der Waals surface area contributed by atoms with E-state index in [2.05, 4.69) is 34.5 Å². The Morgan fingerprint density at radius 2 is 1.86 bits per heavy atom. The van der Waals surface area contributed by atoms with Crippen molar-refractivity contribution in [3.8, 4) is 0 Å². The van der Waals surface area contributed by atoms with Gasteiger partial charge in [0.1, 0.15) is 24.8 Å². The van der Waals surface area contributed by atoms with E-state index in [4.69, 9.17) is 14.2 Å². The molecule has 7 nitrogen and oxygen atoms in total. The fraction of sp³-hybridized carbons (Fsp3) is 0.619. The van der Waals surface area contributed by atoms with Crippen molar-refractivity contribution >= 4 is 25.2 Å². The molecule has 1 amide bonds. The average molecular weight is 422 g/mol. The summed E-state index contributed by atoms with van der Waals surface area (Å²) in [5, 5.41) is 2.69. The Labute approximate surface area is 174 Å². The van der Waals surface area contributed by atoms with Gasteiger partial charge in [0.2, 0.25) is 0 Å². The summed E-state index contributed by atoms with van der Waals surface area (Å²) in [6, 6.07) is 9.13. The summed E-state index contributed by atoms with van der Waals surface area (Å²) < 4.78 is 18.9. The summed E-state index contributed by atoms with van der Waals surface area (Å²) in [6.45, 7) is 14.8. The van der Waals surface area contributed by atoms with Gasteiger partial charge in [-0.2, -0.15) is 0 Å². The second-order valence-electron chi connectivity index (χ2n) is 9.27. The molecule has 0 aliphatic rings. The van der Waals surface area contributed by atoms with Gasteiger partial charge >= 0.3 is 6.09 Å². The minimum Gasteiger partial charge on any atom is -0.444 e. The van der Waals surface area contributed by atoms with Crippen LogP contribution < -0.4 is 5.32 Å². The molecule has 0 bridgehead atoms. The highest BCUT2D eigenvalue weighted by Gasteiger charge is 2.16. The van der Waals surface area contributed by atoms with Crippen LogP contribution in [0, 0.1) is 0 Å². The number of carbonyl (C=O) groups is 1. The smallest absolute Gasteiger partial charge is 0.407 e. The van der Waals surface area contributed by atoms with Crippen molar-refractivity contribution in [3.05, 3.63) is 30.1 Å². The number of amides is 1. The molecular weight excluding hydrogens is 386 g/mol. The normalized spacial score (nSPS) is 12.3. The number of fused-ring (bicyclic) bond motifs is 1. The molecular formula is C21H35N3O4Si. The second kappa shape index (κ2) is 10.2. The molecule has 1 heterocycles. The first kappa shape index (κ1) is 23.4. The van der Waals surface area contributed by atoms with Crippen LogP contribution in [0.4, 0.5) is 4.79 Å². The lowest BCUT2D eigenvalue weighted by Gasteiger charge is -2.19. The lowest BCUT2D eigenvalue weighted by molar-refractivity contribution is 0.0483. The molecule has 0 spiro atoms. The topological polar surface area (TPSA) is 74.6 Å². The van der Waals surface area contributed by atoms with Crippen molar-refractivity contribution in [2.24, 2.45) is 0 Å². The van der Waals surface area contributed by atoms with Gasteiger partial charge < -0.3 is 24.1 Å². The molecule has 0 radical (unpaired) electrons.